The molecule has 7 heteroatoms. The van der Waals surface area contributed by atoms with Crippen molar-refractivity contribution in [2.75, 3.05) is 56.1 Å². The van der Waals surface area contributed by atoms with Crippen LogP contribution in [0, 0.1) is 0 Å². The van der Waals surface area contributed by atoms with Crippen LogP contribution in [0.1, 0.15) is 25.7 Å². The van der Waals surface area contributed by atoms with Gasteiger partial charge in [0.25, 0.3) is 5.56 Å². The van der Waals surface area contributed by atoms with E-state index in [-0.39, 0.29) is 5.56 Å². The van der Waals surface area contributed by atoms with Gasteiger partial charge in [-0.05, 0) is 69.6 Å². The second-order valence-corrected chi connectivity index (χ2v) is 9.46. The van der Waals surface area contributed by atoms with Gasteiger partial charge in [0.05, 0.1) is 16.2 Å². The molecule has 0 atom stereocenters. The minimum atomic E-state index is 0.0254. The summed E-state index contributed by atoms with van der Waals surface area (Å²) in [6, 6.07) is 10.4. The monoisotopic (exact) mass is 423 g/mol. The number of nitrogens with zero attached hydrogens (tertiary/aromatic N) is 5. The van der Waals surface area contributed by atoms with Crippen LogP contribution in [0.3, 0.4) is 0 Å². The maximum absolute atomic E-state index is 13.2. The lowest BCUT2D eigenvalue weighted by molar-refractivity contribution is 0.360. The summed E-state index contributed by atoms with van der Waals surface area (Å²) in [5.41, 5.74) is 2.93. The fourth-order valence-corrected chi connectivity index (χ4v) is 5.58. The minimum Gasteiger partial charge on any atom is -0.370 e. The highest BCUT2D eigenvalue weighted by Crippen LogP contribution is 2.31. The van der Waals surface area contributed by atoms with Gasteiger partial charge in [0, 0.05) is 38.4 Å². The van der Waals surface area contributed by atoms with Gasteiger partial charge in [0.1, 0.15) is 11.0 Å². The van der Waals surface area contributed by atoms with Crippen molar-refractivity contribution in [3.63, 3.8) is 0 Å². The number of likely N-dealkylation sites (N-methyl/N-ethyl adjacent to an activating group) is 1. The van der Waals surface area contributed by atoms with Gasteiger partial charge in [-0.25, -0.2) is 4.98 Å². The summed E-state index contributed by atoms with van der Waals surface area (Å²) in [7, 11) is 2.18. The number of thiophene rings is 1. The van der Waals surface area contributed by atoms with Crippen LogP contribution < -0.4 is 15.4 Å². The van der Waals surface area contributed by atoms with Gasteiger partial charge >= 0.3 is 0 Å². The lowest BCUT2D eigenvalue weighted by atomic mass is 10.1. The lowest BCUT2D eigenvalue weighted by Gasteiger charge is -2.26. The lowest BCUT2D eigenvalue weighted by Crippen LogP contribution is -2.28. The van der Waals surface area contributed by atoms with Crippen molar-refractivity contribution in [2.45, 2.75) is 25.7 Å². The first-order valence-electron chi connectivity index (χ1n) is 11.0. The maximum atomic E-state index is 13.2. The fourth-order valence-electron chi connectivity index (χ4n) is 4.48. The smallest absolute Gasteiger partial charge is 0.275 e. The average molecular weight is 424 g/mol. The first-order valence-corrected chi connectivity index (χ1v) is 11.8. The molecule has 0 spiro atoms. The zero-order valence-corrected chi connectivity index (χ0v) is 18.4. The molecule has 3 aromatic rings. The van der Waals surface area contributed by atoms with E-state index in [1.165, 1.54) is 36.4 Å². The van der Waals surface area contributed by atoms with Crippen molar-refractivity contribution in [1.82, 2.24) is 14.5 Å². The van der Waals surface area contributed by atoms with E-state index in [0.717, 1.165) is 55.2 Å². The number of hydrogen-bond donors (Lipinski definition) is 0. The Bertz CT molecular complexity index is 1070. The Morgan fingerprint density at radius 3 is 2.37 bits per heavy atom. The van der Waals surface area contributed by atoms with Gasteiger partial charge in [0.2, 0.25) is 0 Å². The number of benzene rings is 1. The summed E-state index contributed by atoms with van der Waals surface area (Å²) in [4.78, 5) is 25.0. The van der Waals surface area contributed by atoms with Gasteiger partial charge in [-0.15, -0.1) is 11.3 Å². The number of rotatable bonds is 3. The summed E-state index contributed by atoms with van der Waals surface area (Å²) in [5.74, 6) is 0. The van der Waals surface area contributed by atoms with Crippen LogP contribution in [0.2, 0.25) is 0 Å². The SMILES string of the molecule is CN1CCCN(c2ccc(-n3cnc4cc(N5CCCCC5)sc4c3=O)cc2)CC1. The molecule has 0 bridgehead atoms. The summed E-state index contributed by atoms with van der Waals surface area (Å²) < 4.78 is 2.43. The van der Waals surface area contributed by atoms with Crippen LogP contribution in [-0.2, 0) is 0 Å². The molecule has 0 N–H and O–H groups in total. The van der Waals surface area contributed by atoms with E-state index in [9.17, 15) is 4.79 Å². The number of anilines is 2. The molecule has 2 aromatic heterocycles. The summed E-state index contributed by atoms with van der Waals surface area (Å²) in [6.45, 7) is 6.50. The third kappa shape index (κ3) is 3.84. The quantitative estimate of drug-likeness (QED) is 0.644. The van der Waals surface area contributed by atoms with Crippen LogP contribution in [0.4, 0.5) is 10.7 Å². The van der Waals surface area contributed by atoms with E-state index in [2.05, 4.69) is 44.9 Å². The predicted octanol–water partition coefficient (Wildman–Crippen LogP) is 3.58. The molecule has 2 aliphatic rings. The van der Waals surface area contributed by atoms with E-state index in [1.807, 2.05) is 12.1 Å². The highest BCUT2D eigenvalue weighted by molar-refractivity contribution is 7.22. The van der Waals surface area contributed by atoms with E-state index >= 15 is 0 Å². The van der Waals surface area contributed by atoms with E-state index in [0.29, 0.717) is 0 Å². The van der Waals surface area contributed by atoms with Crippen molar-refractivity contribution in [3.05, 3.63) is 47.0 Å². The Balaban J connectivity index is 1.41. The van der Waals surface area contributed by atoms with E-state index in [1.54, 1.807) is 22.2 Å². The van der Waals surface area contributed by atoms with E-state index in [4.69, 9.17) is 0 Å². The highest BCUT2D eigenvalue weighted by atomic mass is 32.1. The highest BCUT2D eigenvalue weighted by Gasteiger charge is 2.17. The van der Waals surface area contributed by atoms with Crippen molar-refractivity contribution in [2.24, 2.45) is 0 Å². The summed E-state index contributed by atoms with van der Waals surface area (Å²) in [6.07, 6.45) is 6.61. The average Bonchev–Trinajstić information content (AvgIpc) is 3.11. The third-order valence-electron chi connectivity index (χ3n) is 6.31. The molecule has 1 aromatic carbocycles. The van der Waals surface area contributed by atoms with Crippen molar-refractivity contribution < 1.29 is 0 Å². The molecule has 5 rings (SSSR count). The molecule has 0 radical (unpaired) electrons. The van der Waals surface area contributed by atoms with Gasteiger partial charge in [-0.1, -0.05) is 0 Å². The first kappa shape index (κ1) is 19.6. The summed E-state index contributed by atoms with van der Waals surface area (Å²) in [5, 5.41) is 1.17. The Hall–Kier alpha value is -2.38. The molecule has 4 heterocycles. The van der Waals surface area contributed by atoms with Crippen LogP contribution in [0.5, 0.6) is 0 Å². The Labute approximate surface area is 181 Å². The molecule has 30 heavy (non-hydrogen) atoms. The number of fused-ring (bicyclic) bond motifs is 1. The molecular weight excluding hydrogens is 394 g/mol. The molecular formula is C23H29N5OS. The van der Waals surface area contributed by atoms with Crippen molar-refractivity contribution >= 4 is 32.2 Å². The third-order valence-corrected chi connectivity index (χ3v) is 7.48. The second kappa shape index (κ2) is 8.40. The van der Waals surface area contributed by atoms with Gasteiger partial charge in [-0.3, -0.25) is 9.36 Å². The van der Waals surface area contributed by atoms with Crippen molar-refractivity contribution in [1.29, 1.82) is 0 Å². The largest absolute Gasteiger partial charge is 0.370 e. The molecule has 158 valence electrons. The predicted molar refractivity (Wildman–Crippen MR) is 126 cm³/mol. The number of hydrogen-bond acceptors (Lipinski definition) is 6. The van der Waals surface area contributed by atoms with Crippen LogP contribution in [-0.4, -0.2) is 60.8 Å². The Kier molecular flexibility index (Phi) is 5.48. The van der Waals surface area contributed by atoms with Gasteiger partial charge in [-0.2, -0.15) is 0 Å². The summed E-state index contributed by atoms with van der Waals surface area (Å²) >= 11 is 1.58. The normalized spacial score (nSPS) is 18.7. The molecule has 2 saturated heterocycles. The zero-order valence-electron chi connectivity index (χ0n) is 17.6. The Morgan fingerprint density at radius 2 is 1.57 bits per heavy atom. The minimum absolute atomic E-state index is 0.0254. The molecule has 2 aliphatic heterocycles. The molecule has 6 nitrogen and oxygen atoms in total. The standard InChI is InChI=1S/C23H29N5OS/c1-25-10-5-13-26(15-14-25)18-6-8-19(9-7-18)28-17-24-20-16-21(30-22(20)23(28)29)27-11-3-2-4-12-27/h6-9,16-17H,2-5,10-15H2,1H3. The second-order valence-electron chi connectivity index (χ2n) is 8.43. The molecule has 0 amide bonds. The van der Waals surface area contributed by atoms with Gasteiger partial charge < -0.3 is 14.7 Å². The molecule has 0 saturated carbocycles. The van der Waals surface area contributed by atoms with Crippen LogP contribution in [0.25, 0.3) is 15.9 Å². The van der Waals surface area contributed by atoms with E-state index < -0.39 is 0 Å². The maximum Gasteiger partial charge on any atom is 0.275 e. The van der Waals surface area contributed by atoms with Crippen molar-refractivity contribution in [3.8, 4) is 5.69 Å². The van der Waals surface area contributed by atoms with Gasteiger partial charge in [0.15, 0.2) is 0 Å². The topological polar surface area (TPSA) is 44.6 Å². The van der Waals surface area contributed by atoms with Crippen LogP contribution >= 0.6 is 11.3 Å². The fraction of sp³-hybridized carbons (Fsp3) is 0.478. The molecule has 0 unspecified atom stereocenters. The zero-order chi connectivity index (χ0) is 20.5. The van der Waals surface area contributed by atoms with Crippen LogP contribution in [0.15, 0.2) is 41.5 Å². The number of piperidine rings is 1. The first-order chi connectivity index (χ1) is 14.7. The Morgan fingerprint density at radius 1 is 0.833 bits per heavy atom. The molecule has 0 aliphatic carbocycles. The number of aromatic nitrogens is 2. The molecule has 2 fully saturated rings.